The third-order valence-corrected chi connectivity index (χ3v) is 5.04. The molecule has 0 aliphatic heterocycles. The second-order valence-corrected chi connectivity index (χ2v) is 7.12. The molecule has 0 amide bonds. The maximum atomic E-state index is 5.68. The van der Waals surface area contributed by atoms with Crippen LogP contribution in [-0.4, -0.2) is 19.7 Å². The van der Waals surface area contributed by atoms with Gasteiger partial charge in [0.05, 0.1) is 17.1 Å². The van der Waals surface area contributed by atoms with E-state index in [9.17, 15) is 0 Å². The summed E-state index contributed by atoms with van der Waals surface area (Å²) >= 11 is 0. The number of hydrogen-bond donors (Lipinski definition) is 0. The zero-order valence-electron chi connectivity index (χ0n) is 16.8. The fraction of sp³-hybridized carbons (Fsp3) is 0.125. The van der Waals surface area contributed by atoms with Crippen LogP contribution in [0.5, 0.6) is 0 Å². The first-order valence-corrected chi connectivity index (χ1v) is 9.47. The van der Waals surface area contributed by atoms with E-state index in [4.69, 9.17) is 4.42 Å². The SMILES string of the molecule is Cc1nc2c(-c3ncnn3-c3c(C)cc(-c4ccccc4)cc3C)[c-]ccc2o1.[Ir]. The molecule has 0 aliphatic carbocycles. The van der Waals surface area contributed by atoms with Crippen LogP contribution >= 0.6 is 0 Å². The van der Waals surface area contributed by atoms with Crippen molar-refractivity contribution in [1.82, 2.24) is 19.7 Å². The predicted molar refractivity (Wildman–Crippen MR) is 113 cm³/mol. The number of hydrogen-bond acceptors (Lipinski definition) is 4. The predicted octanol–water partition coefficient (Wildman–Crippen LogP) is 5.47. The molecule has 0 spiro atoms. The third kappa shape index (κ3) is 3.38. The van der Waals surface area contributed by atoms with Crippen LogP contribution in [0, 0.1) is 26.8 Å². The van der Waals surface area contributed by atoms with E-state index >= 15 is 0 Å². The number of fused-ring (bicyclic) bond motifs is 1. The van der Waals surface area contributed by atoms with Crippen LogP contribution in [-0.2, 0) is 20.1 Å². The summed E-state index contributed by atoms with van der Waals surface area (Å²) < 4.78 is 7.55. The Labute approximate surface area is 188 Å². The maximum absolute atomic E-state index is 5.68. The molecule has 0 N–H and O–H groups in total. The van der Waals surface area contributed by atoms with Crippen LogP contribution < -0.4 is 0 Å². The van der Waals surface area contributed by atoms with Gasteiger partial charge in [-0.2, -0.15) is 5.10 Å². The molecule has 151 valence electrons. The summed E-state index contributed by atoms with van der Waals surface area (Å²) in [5, 5.41) is 4.53. The average molecular weight is 572 g/mol. The van der Waals surface area contributed by atoms with E-state index in [2.05, 4.69) is 71.4 Å². The maximum Gasteiger partial charge on any atom is 0.180 e. The first kappa shape index (κ1) is 20.2. The Hall–Kier alpha value is -3.08. The molecule has 0 aliphatic rings. The summed E-state index contributed by atoms with van der Waals surface area (Å²) in [7, 11) is 0. The third-order valence-electron chi connectivity index (χ3n) is 5.04. The van der Waals surface area contributed by atoms with Gasteiger partial charge >= 0.3 is 0 Å². The van der Waals surface area contributed by atoms with Gasteiger partial charge in [-0.1, -0.05) is 42.0 Å². The monoisotopic (exact) mass is 572 g/mol. The van der Waals surface area contributed by atoms with E-state index in [0.717, 1.165) is 33.5 Å². The van der Waals surface area contributed by atoms with E-state index < -0.39 is 0 Å². The first-order valence-electron chi connectivity index (χ1n) is 9.47. The average Bonchev–Trinajstić information content (AvgIpc) is 3.33. The molecule has 5 nitrogen and oxygen atoms in total. The summed E-state index contributed by atoms with van der Waals surface area (Å²) in [5.74, 6) is 1.31. The molecule has 2 aromatic heterocycles. The van der Waals surface area contributed by atoms with Crippen LogP contribution in [0.3, 0.4) is 0 Å². The van der Waals surface area contributed by atoms with Gasteiger partial charge in [-0.05, 0) is 48.2 Å². The second kappa shape index (κ2) is 7.98. The van der Waals surface area contributed by atoms with Gasteiger partial charge in [0.2, 0.25) is 0 Å². The second-order valence-electron chi connectivity index (χ2n) is 7.12. The van der Waals surface area contributed by atoms with E-state index in [1.165, 1.54) is 11.1 Å². The number of oxazole rings is 1. The van der Waals surface area contributed by atoms with Gasteiger partial charge < -0.3 is 4.42 Å². The van der Waals surface area contributed by atoms with Crippen LogP contribution in [0.15, 0.2) is 65.3 Å². The van der Waals surface area contributed by atoms with Gasteiger partial charge in [-0.25, -0.2) is 0 Å². The van der Waals surface area contributed by atoms with E-state index in [-0.39, 0.29) is 20.1 Å². The van der Waals surface area contributed by atoms with Crippen molar-refractivity contribution in [2.75, 3.05) is 0 Å². The molecule has 1 radical (unpaired) electrons. The van der Waals surface area contributed by atoms with E-state index in [0.29, 0.717) is 11.7 Å². The Balaban J connectivity index is 0.00000218. The molecule has 0 fully saturated rings. The summed E-state index contributed by atoms with van der Waals surface area (Å²) in [5.41, 5.74) is 7.89. The Morgan fingerprint density at radius 2 is 1.67 bits per heavy atom. The molecular weight excluding hydrogens is 553 g/mol. The molecule has 5 rings (SSSR count). The Morgan fingerprint density at radius 1 is 0.933 bits per heavy atom. The van der Waals surface area contributed by atoms with Crippen LogP contribution in [0.25, 0.3) is 39.3 Å². The van der Waals surface area contributed by atoms with Crippen molar-refractivity contribution < 1.29 is 24.5 Å². The van der Waals surface area contributed by atoms with Crippen LogP contribution in [0.2, 0.25) is 0 Å². The molecule has 0 atom stereocenters. The van der Waals surface area contributed by atoms with Crippen molar-refractivity contribution in [3.05, 3.63) is 84.0 Å². The minimum absolute atomic E-state index is 0. The smallest absolute Gasteiger partial charge is 0.180 e. The normalized spacial score (nSPS) is 10.9. The van der Waals surface area contributed by atoms with Gasteiger partial charge in [0.15, 0.2) is 5.89 Å². The fourth-order valence-electron chi connectivity index (χ4n) is 3.84. The number of nitrogens with zero attached hydrogens (tertiary/aromatic N) is 4. The van der Waals surface area contributed by atoms with E-state index in [1.54, 1.807) is 6.33 Å². The van der Waals surface area contributed by atoms with Crippen molar-refractivity contribution in [2.45, 2.75) is 20.8 Å². The van der Waals surface area contributed by atoms with Crippen LogP contribution in [0.1, 0.15) is 17.0 Å². The summed E-state index contributed by atoms with van der Waals surface area (Å²) in [6, 6.07) is 21.7. The summed E-state index contributed by atoms with van der Waals surface area (Å²) in [6.45, 7) is 6.04. The van der Waals surface area contributed by atoms with Gasteiger partial charge in [0, 0.05) is 32.5 Å². The molecule has 0 unspecified atom stereocenters. The molecule has 0 saturated heterocycles. The Kier molecular flexibility index (Phi) is 5.37. The quantitative estimate of drug-likeness (QED) is 0.270. The molecule has 6 heteroatoms. The topological polar surface area (TPSA) is 56.7 Å². The molecule has 0 bridgehead atoms. The zero-order valence-corrected chi connectivity index (χ0v) is 19.2. The minimum atomic E-state index is 0. The molecular formula is C24H19IrN4O-. The fourth-order valence-corrected chi connectivity index (χ4v) is 3.84. The number of benzene rings is 3. The minimum Gasteiger partial charge on any atom is -0.461 e. The number of rotatable bonds is 3. The first-order chi connectivity index (χ1) is 14.1. The van der Waals surface area contributed by atoms with Gasteiger partial charge in [-0.15, -0.1) is 12.1 Å². The molecule has 0 saturated carbocycles. The van der Waals surface area contributed by atoms with Crippen molar-refractivity contribution in [1.29, 1.82) is 0 Å². The van der Waals surface area contributed by atoms with Crippen molar-refractivity contribution in [3.8, 4) is 28.2 Å². The van der Waals surface area contributed by atoms with Gasteiger partial charge in [0.25, 0.3) is 0 Å². The Bertz CT molecular complexity index is 1320. The van der Waals surface area contributed by atoms with Gasteiger partial charge in [0.1, 0.15) is 6.33 Å². The number of aromatic nitrogens is 4. The number of aryl methyl sites for hydroxylation is 3. The molecule has 30 heavy (non-hydrogen) atoms. The molecule has 2 heterocycles. The van der Waals surface area contributed by atoms with E-state index in [1.807, 2.05) is 29.8 Å². The standard InChI is InChI=1S/C24H19N4O.Ir/c1-15-12-19(18-8-5-4-6-9-18)13-16(2)23(15)28-24(25-14-26-28)20-10-7-11-21-22(20)27-17(3)29-21;/h4-9,11-14H,1-3H3;/q-1;. The molecule has 3 aromatic carbocycles. The van der Waals surface area contributed by atoms with Crippen molar-refractivity contribution in [3.63, 3.8) is 0 Å². The summed E-state index contributed by atoms with van der Waals surface area (Å²) in [6.07, 6.45) is 1.57. The zero-order chi connectivity index (χ0) is 20.0. The molecule has 5 aromatic rings. The largest absolute Gasteiger partial charge is 0.461 e. The Morgan fingerprint density at radius 3 is 2.40 bits per heavy atom. The van der Waals surface area contributed by atoms with Crippen molar-refractivity contribution >= 4 is 11.1 Å². The van der Waals surface area contributed by atoms with Crippen molar-refractivity contribution in [2.24, 2.45) is 0 Å². The van der Waals surface area contributed by atoms with Crippen LogP contribution in [0.4, 0.5) is 0 Å². The summed E-state index contributed by atoms with van der Waals surface area (Å²) in [4.78, 5) is 9.05. The van der Waals surface area contributed by atoms with Gasteiger partial charge in [-0.3, -0.25) is 14.6 Å².